The summed E-state index contributed by atoms with van der Waals surface area (Å²) >= 11 is 0. The van der Waals surface area contributed by atoms with Gasteiger partial charge in [0.05, 0.1) is 30.6 Å². The first-order valence-electron chi connectivity index (χ1n) is 11.9. The maximum Gasteiger partial charge on any atom is 0.306 e. The molecule has 1 unspecified atom stereocenters. The number of aliphatic hydroxyl groups excluding tert-OH is 1. The number of nitrogens with zero attached hydrogens (tertiary/aromatic N) is 1. The summed E-state index contributed by atoms with van der Waals surface area (Å²) in [6, 6.07) is 14.9. The standard InChI is InChI=1S/C26H35NO7S/c1-19(2)16-27(35(31,32)24-10-6-9-22(28)15-24)17-25(29)21(13-20-7-4-3-5-8-20)14-26(30)34-23-11-12-33-18-23/h3-10,15,19,21,23,25,28-29H,11-14,16-18H2,1-2H3/t21-,23?,25-/m1/s1. The lowest BCUT2D eigenvalue weighted by Gasteiger charge is -2.30. The van der Waals surface area contributed by atoms with Gasteiger partial charge in [0.2, 0.25) is 10.0 Å². The Labute approximate surface area is 207 Å². The first kappa shape index (κ1) is 27.1. The fraction of sp³-hybridized carbons (Fsp3) is 0.500. The highest BCUT2D eigenvalue weighted by atomic mass is 32.2. The van der Waals surface area contributed by atoms with Gasteiger partial charge in [-0.2, -0.15) is 4.31 Å². The van der Waals surface area contributed by atoms with Gasteiger partial charge in [-0.1, -0.05) is 50.2 Å². The van der Waals surface area contributed by atoms with Gasteiger partial charge >= 0.3 is 5.97 Å². The third kappa shape index (κ3) is 8.03. The molecule has 1 aliphatic rings. The summed E-state index contributed by atoms with van der Waals surface area (Å²) in [5.41, 5.74) is 0.930. The Morgan fingerprint density at radius 3 is 2.51 bits per heavy atom. The molecular weight excluding hydrogens is 470 g/mol. The van der Waals surface area contributed by atoms with Crippen molar-refractivity contribution in [2.75, 3.05) is 26.3 Å². The molecule has 1 aliphatic heterocycles. The zero-order chi connectivity index (χ0) is 25.4. The van der Waals surface area contributed by atoms with Gasteiger partial charge in [-0.3, -0.25) is 4.79 Å². The number of phenols is 1. The molecule has 0 radical (unpaired) electrons. The summed E-state index contributed by atoms with van der Waals surface area (Å²) < 4.78 is 38.8. The fourth-order valence-corrected chi connectivity index (χ4v) is 5.81. The highest BCUT2D eigenvalue weighted by Crippen LogP contribution is 2.25. The Bertz CT molecular complexity index is 1050. The van der Waals surface area contributed by atoms with E-state index < -0.39 is 28.0 Å². The Kier molecular flexibility index (Phi) is 9.68. The van der Waals surface area contributed by atoms with Gasteiger partial charge < -0.3 is 19.7 Å². The number of aliphatic hydroxyl groups is 1. The van der Waals surface area contributed by atoms with Gasteiger partial charge in [-0.25, -0.2) is 8.42 Å². The average Bonchev–Trinajstić information content (AvgIpc) is 3.31. The van der Waals surface area contributed by atoms with Crippen molar-refractivity contribution in [1.29, 1.82) is 0 Å². The number of carbonyl (C=O) groups is 1. The van der Waals surface area contributed by atoms with Crippen molar-refractivity contribution in [1.82, 2.24) is 4.31 Å². The number of hydrogen-bond donors (Lipinski definition) is 2. The molecule has 2 aromatic rings. The molecule has 192 valence electrons. The molecule has 1 heterocycles. The Morgan fingerprint density at radius 1 is 1.14 bits per heavy atom. The van der Waals surface area contributed by atoms with Gasteiger partial charge in [0.1, 0.15) is 11.9 Å². The molecule has 0 aliphatic carbocycles. The predicted molar refractivity (Wildman–Crippen MR) is 131 cm³/mol. The highest BCUT2D eigenvalue weighted by molar-refractivity contribution is 7.89. The second-order valence-corrected chi connectivity index (χ2v) is 11.3. The number of benzene rings is 2. The zero-order valence-corrected chi connectivity index (χ0v) is 21.1. The smallest absolute Gasteiger partial charge is 0.306 e. The molecule has 0 amide bonds. The first-order chi connectivity index (χ1) is 16.6. The maximum atomic E-state index is 13.4. The van der Waals surface area contributed by atoms with Crippen molar-refractivity contribution in [3.63, 3.8) is 0 Å². The molecule has 3 rings (SSSR count). The van der Waals surface area contributed by atoms with Crippen molar-refractivity contribution in [3.05, 3.63) is 60.2 Å². The van der Waals surface area contributed by atoms with Crippen molar-refractivity contribution in [2.45, 2.75) is 50.2 Å². The molecule has 2 aromatic carbocycles. The Morgan fingerprint density at radius 2 is 1.89 bits per heavy atom. The van der Waals surface area contributed by atoms with Gasteiger partial charge in [0, 0.05) is 25.4 Å². The van der Waals surface area contributed by atoms with Crippen LogP contribution in [-0.2, 0) is 30.7 Å². The van der Waals surface area contributed by atoms with E-state index in [0.29, 0.717) is 26.1 Å². The monoisotopic (exact) mass is 505 g/mol. The van der Waals surface area contributed by atoms with E-state index in [4.69, 9.17) is 9.47 Å². The lowest BCUT2D eigenvalue weighted by atomic mass is 9.90. The van der Waals surface area contributed by atoms with Crippen LogP contribution in [0.3, 0.4) is 0 Å². The second-order valence-electron chi connectivity index (χ2n) is 9.41. The van der Waals surface area contributed by atoms with E-state index in [-0.39, 0.29) is 42.2 Å². The number of carbonyl (C=O) groups excluding carboxylic acids is 1. The number of esters is 1. The number of aromatic hydroxyl groups is 1. The summed E-state index contributed by atoms with van der Waals surface area (Å²) in [5.74, 6) is -1.15. The fourth-order valence-electron chi connectivity index (χ4n) is 4.14. The summed E-state index contributed by atoms with van der Waals surface area (Å²) in [6.45, 7) is 4.68. The largest absolute Gasteiger partial charge is 0.508 e. The van der Waals surface area contributed by atoms with Crippen LogP contribution in [-0.4, -0.2) is 67.4 Å². The number of phenolic OH excluding ortho intramolecular Hbond substituents is 1. The predicted octanol–water partition coefficient (Wildman–Crippen LogP) is 2.98. The number of ether oxygens (including phenoxy) is 2. The molecule has 1 fully saturated rings. The summed E-state index contributed by atoms with van der Waals surface area (Å²) in [6.07, 6.45) is -0.426. The molecule has 2 N–H and O–H groups in total. The second kappa shape index (κ2) is 12.5. The van der Waals surface area contributed by atoms with Crippen LogP contribution in [0.2, 0.25) is 0 Å². The SMILES string of the molecule is CC(C)CN(C[C@@H](O)[C@@H](CC(=O)OC1CCOC1)Cc1ccccc1)S(=O)(=O)c1cccc(O)c1. The normalized spacial score (nSPS) is 18.0. The van der Waals surface area contributed by atoms with Crippen LogP contribution in [0.4, 0.5) is 0 Å². The number of sulfonamides is 1. The van der Waals surface area contributed by atoms with E-state index in [1.807, 2.05) is 44.2 Å². The van der Waals surface area contributed by atoms with E-state index in [1.54, 1.807) is 0 Å². The van der Waals surface area contributed by atoms with Crippen molar-refractivity contribution < 1.29 is 32.9 Å². The van der Waals surface area contributed by atoms with Crippen LogP contribution in [0.25, 0.3) is 0 Å². The number of hydrogen-bond acceptors (Lipinski definition) is 7. The van der Waals surface area contributed by atoms with Gasteiger partial charge in [-0.05, 0) is 36.1 Å². The van der Waals surface area contributed by atoms with Crippen molar-refractivity contribution >= 4 is 16.0 Å². The quantitative estimate of drug-likeness (QED) is 0.426. The van der Waals surface area contributed by atoms with Crippen LogP contribution in [0.5, 0.6) is 5.75 Å². The van der Waals surface area contributed by atoms with E-state index in [1.165, 1.54) is 28.6 Å². The van der Waals surface area contributed by atoms with E-state index in [2.05, 4.69) is 0 Å². The van der Waals surface area contributed by atoms with Gasteiger partial charge in [0.15, 0.2) is 0 Å². The number of rotatable bonds is 12. The lowest BCUT2D eigenvalue weighted by molar-refractivity contribution is -0.151. The van der Waals surface area contributed by atoms with Crippen molar-refractivity contribution in [2.24, 2.45) is 11.8 Å². The summed E-state index contributed by atoms with van der Waals surface area (Å²) in [4.78, 5) is 12.6. The molecule has 8 nitrogen and oxygen atoms in total. The topological polar surface area (TPSA) is 113 Å². The lowest BCUT2D eigenvalue weighted by Crippen LogP contribution is -2.43. The third-order valence-corrected chi connectivity index (χ3v) is 7.74. The van der Waals surface area contributed by atoms with Crippen LogP contribution in [0, 0.1) is 11.8 Å². The summed E-state index contributed by atoms with van der Waals surface area (Å²) in [7, 11) is -3.99. The molecule has 0 spiro atoms. The van der Waals surface area contributed by atoms with Crippen LogP contribution < -0.4 is 0 Å². The Hall–Kier alpha value is -2.46. The minimum atomic E-state index is -3.99. The van der Waals surface area contributed by atoms with E-state index >= 15 is 0 Å². The molecular formula is C26H35NO7S. The molecule has 0 aromatic heterocycles. The van der Waals surface area contributed by atoms with Crippen LogP contribution in [0.1, 0.15) is 32.3 Å². The molecule has 3 atom stereocenters. The molecule has 35 heavy (non-hydrogen) atoms. The van der Waals surface area contributed by atoms with Crippen molar-refractivity contribution in [3.8, 4) is 5.75 Å². The maximum absolute atomic E-state index is 13.4. The van der Waals surface area contributed by atoms with Gasteiger partial charge in [0.25, 0.3) is 0 Å². The minimum Gasteiger partial charge on any atom is -0.508 e. The zero-order valence-electron chi connectivity index (χ0n) is 20.2. The average molecular weight is 506 g/mol. The third-order valence-electron chi connectivity index (χ3n) is 5.91. The van der Waals surface area contributed by atoms with Crippen LogP contribution >= 0.6 is 0 Å². The Balaban J connectivity index is 1.80. The van der Waals surface area contributed by atoms with E-state index in [0.717, 1.165) is 5.56 Å². The minimum absolute atomic E-state index is 0.00538. The molecule has 1 saturated heterocycles. The molecule has 9 heteroatoms. The highest BCUT2D eigenvalue weighted by Gasteiger charge is 2.32. The molecule has 0 bridgehead atoms. The molecule has 0 saturated carbocycles. The first-order valence-corrected chi connectivity index (χ1v) is 13.4. The summed E-state index contributed by atoms with van der Waals surface area (Å²) in [5, 5.41) is 21.0. The van der Waals surface area contributed by atoms with E-state index in [9.17, 15) is 23.4 Å². The van der Waals surface area contributed by atoms with Gasteiger partial charge in [-0.15, -0.1) is 0 Å². The van der Waals surface area contributed by atoms with Crippen LogP contribution in [0.15, 0.2) is 59.5 Å².